The minimum Gasteiger partial charge on any atom is -0.273 e. The molecule has 74 valence electrons. The quantitative estimate of drug-likeness (QED) is 0.713. The van der Waals surface area contributed by atoms with Crippen LogP contribution >= 0.6 is 0 Å². The van der Waals surface area contributed by atoms with E-state index in [0.29, 0.717) is 6.54 Å². The Morgan fingerprint density at radius 1 is 1.54 bits per heavy atom. The van der Waals surface area contributed by atoms with E-state index in [1.165, 1.54) is 30.9 Å². The minimum absolute atomic E-state index is 0.00403. The van der Waals surface area contributed by atoms with Gasteiger partial charge in [-0.2, -0.15) is 5.10 Å². The molecule has 4 heteroatoms. The summed E-state index contributed by atoms with van der Waals surface area (Å²) in [7, 11) is 0. The highest BCUT2D eigenvalue weighted by atomic mass is 19.3. The minimum atomic E-state index is -2.77. The standard InChI is InChI=1S/C9H14F2N2/c1-4-13-6-8(5-12-13)9(10,11)7(2)3/h5-7H,4H2,1-3H3. The summed E-state index contributed by atoms with van der Waals surface area (Å²) < 4.78 is 28.3. The lowest BCUT2D eigenvalue weighted by atomic mass is 10.0. The third-order valence-corrected chi connectivity index (χ3v) is 2.07. The van der Waals surface area contributed by atoms with Crippen molar-refractivity contribution in [1.29, 1.82) is 0 Å². The summed E-state index contributed by atoms with van der Waals surface area (Å²) in [6.07, 6.45) is 2.64. The second-order valence-electron chi connectivity index (χ2n) is 3.36. The lowest BCUT2D eigenvalue weighted by molar-refractivity contribution is -0.0514. The van der Waals surface area contributed by atoms with Crippen LogP contribution in [0.2, 0.25) is 0 Å². The van der Waals surface area contributed by atoms with Crippen LogP contribution in [-0.2, 0) is 12.5 Å². The Balaban J connectivity index is 2.93. The Hall–Kier alpha value is -0.930. The molecule has 0 bridgehead atoms. The summed E-state index contributed by atoms with van der Waals surface area (Å²) in [5, 5.41) is 3.82. The van der Waals surface area contributed by atoms with E-state index < -0.39 is 11.8 Å². The molecule has 0 spiro atoms. The van der Waals surface area contributed by atoms with Crippen molar-refractivity contribution in [3.8, 4) is 0 Å². The maximum Gasteiger partial charge on any atom is 0.278 e. The number of aromatic nitrogens is 2. The van der Waals surface area contributed by atoms with Crippen molar-refractivity contribution in [1.82, 2.24) is 9.78 Å². The van der Waals surface area contributed by atoms with Gasteiger partial charge in [-0.15, -0.1) is 0 Å². The number of alkyl halides is 2. The molecule has 0 aliphatic carbocycles. The molecule has 0 aliphatic heterocycles. The van der Waals surface area contributed by atoms with Crippen molar-refractivity contribution < 1.29 is 8.78 Å². The second-order valence-corrected chi connectivity index (χ2v) is 3.36. The van der Waals surface area contributed by atoms with Crippen molar-refractivity contribution in [2.24, 2.45) is 5.92 Å². The van der Waals surface area contributed by atoms with Crippen LogP contribution in [0.1, 0.15) is 26.3 Å². The molecule has 0 radical (unpaired) electrons. The predicted molar refractivity (Wildman–Crippen MR) is 46.6 cm³/mol. The third-order valence-electron chi connectivity index (χ3n) is 2.07. The van der Waals surface area contributed by atoms with Crippen LogP contribution in [0.25, 0.3) is 0 Å². The van der Waals surface area contributed by atoms with Crippen molar-refractivity contribution in [2.75, 3.05) is 0 Å². The van der Waals surface area contributed by atoms with E-state index in [4.69, 9.17) is 0 Å². The van der Waals surface area contributed by atoms with Gasteiger partial charge in [-0.3, -0.25) is 4.68 Å². The molecule has 0 unspecified atom stereocenters. The topological polar surface area (TPSA) is 17.8 Å². The Labute approximate surface area is 76.6 Å². The van der Waals surface area contributed by atoms with Crippen molar-refractivity contribution in [3.63, 3.8) is 0 Å². The lowest BCUT2D eigenvalue weighted by Crippen LogP contribution is -2.20. The maximum absolute atomic E-state index is 13.4. The van der Waals surface area contributed by atoms with Gasteiger partial charge in [0.1, 0.15) is 0 Å². The zero-order valence-corrected chi connectivity index (χ0v) is 8.09. The molecule has 13 heavy (non-hydrogen) atoms. The van der Waals surface area contributed by atoms with Gasteiger partial charge in [0.15, 0.2) is 0 Å². The maximum atomic E-state index is 13.4. The van der Waals surface area contributed by atoms with Gasteiger partial charge in [0.2, 0.25) is 0 Å². The van der Waals surface area contributed by atoms with Gasteiger partial charge in [0.25, 0.3) is 5.92 Å². The molecule has 0 amide bonds. The Kier molecular flexibility index (Phi) is 2.68. The van der Waals surface area contributed by atoms with E-state index in [1.54, 1.807) is 0 Å². The van der Waals surface area contributed by atoms with Crippen LogP contribution in [0.5, 0.6) is 0 Å². The van der Waals surface area contributed by atoms with Gasteiger partial charge < -0.3 is 0 Å². The summed E-state index contributed by atoms with van der Waals surface area (Å²) >= 11 is 0. The van der Waals surface area contributed by atoms with E-state index in [-0.39, 0.29) is 5.56 Å². The summed E-state index contributed by atoms with van der Waals surface area (Å²) in [6, 6.07) is 0. The number of halogens is 2. The Bertz CT molecular complexity index is 279. The highest BCUT2D eigenvalue weighted by Gasteiger charge is 2.36. The van der Waals surface area contributed by atoms with Gasteiger partial charge in [-0.05, 0) is 6.92 Å². The van der Waals surface area contributed by atoms with Crippen molar-refractivity contribution in [3.05, 3.63) is 18.0 Å². The zero-order chi connectivity index (χ0) is 10.1. The van der Waals surface area contributed by atoms with Crippen LogP contribution < -0.4 is 0 Å². The molecule has 0 atom stereocenters. The largest absolute Gasteiger partial charge is 0.278 e. The van der Waals surface area contributed by atoms with Gasteiger partial charge in [-0.25, -0.2) is 8.78 Å². The molecule has 0 fully saturated rings. The first-order chi connectivity index (χ1) is 5.98. The highest BCUT2D eigenvalue weighted by molar-refractivity contribution is 5.12. The Morgan fingerprint density at radius 3 is 2.54 bits per heavy atom. The molecule has 1 aromatic rings. The monoisotopic (exact) mass is 188 g/mol. The molecule has 0 aliphatic rings. The van der Waals surface area contributed by atoms with Crippen LogP contribution in [0.15, 0.2) is 12.4 Å². The molecule has 1 rings (SSSR count). The SMILES string of the molecule is CCn1cc(C(F)(F)C(C)C)cn1. The molecule has 0 aromatic carbocycles. The average Bonchev–Trinajstić information content (AvgIpc) is 2.51. The normalized spacial score (nSPS) is 12.5. The Morgan fingerprint density at radius 2 is 2.15 bits per heavy atom. The molecular formula is C9H14F2N2. The average molecular weight is 188 g/mol. The third kappa shape index (κ3) is 1.87. The second kappa shape index (κ2) is 3.44. The number of hydrogen-bond donors (Lipinski definition) is 0. The van der Waals surface area contributed by atoms with E-state index in [0.717, 1.165) is 0 Å². The number of nitrogens with zero attached hydrogens (tertiary/aromatic N) is 2. The van der Waals surface area contributed by atoms with Gasteiger partial charge in [0, 0.05) is 18.7 Å². The van der Waals surface area contributed by atoms with Gasteiger partial charge >= 0.3 is 0 Å². The van der Waals surface area contributed by atoms with Crippen molar-refractivity contribution >= 4 is 0 Å². The van der Waals surface area contributed by atoms with E-state index in [2.05, 4.69) is 5.10 Å². The fourth-order valence-electron chi connectivity index (χ4n) is 1.04. The van der Waals surface area contributed by atoms with E-state index in [9.17, 15) is 8.78 Å². The first-order valence-corrected chi connectivity index (χ1v) is 4.39. The molecule has 1 aromatic heterocycles. The van der Waals surface area contributed by atoms with Crippen LogP contribution in [0, 0.1) is 5.92 Å². The van der Waals surface area contributed by atoms with Crippen LogP contribution in [0.4, 0.5) is 8.78 Å². The molecule has 0 saturated heterocycles. The molecule has 0 N–H and O–H groups in total. The number of aryl methyl sites for hydroxylation is 1. The number of rotatable bonds is 3. The highest BCUT2D eigenvalue weighted by Crippen LogP contribution is 2.34. The molecule has 0 saturated carbocycles. The first kappa shape index (κ1) is 10.2. The summed E-state index contributed by atoms with van der Waals surface area (Å²) in [4.78, 5) is 0. The predicted octanol–water partition coefficient (Wildman–Crippen LogP) is 2.65. The molecular weight excluding hydrogens is 174 g/mol. The zero-order valence-electron chi connectivity index (χ0n) is 8.09. The van der Waals surface area contributed by atoms with Crippen molar-refractivity contribution in [2.45, 2.75) is 33.2 Å². The summed E-state index contributed by atoms with van der Waals surface area (Å²) in [5.41, 5.74) is 0.00403. The molecule has 2 nitrogen and oxygen atoms in total. The van der Waals surface area contributed by atoms with Gasteiger partial charge in [0.05, 0.1) is 11.8 Å². The van der Waals surface area contributed by atoms with Gasteiger partial charge in [-0.1, -0.05) is 13.8 Å². The smallest absolute Gasteiger partial charge is 0.273 e. The summed E-state index contributed by atoms with van der Waals surface area (Å²) in [5.74, 6) is -3.46. The van der Waals surface area contributed by atoms with Crippen LogP contribution in [0.3, 0.4) is 0 Å². The fraction of sp³-hybridized carbons (Fsp3) is 0.667. The molecule has 1 heterocycles. The fourth-order valence-corrected chi connectivity index (χ4v) is 1.04. The number of hydrogen-bond acceptors (Lipinski definition) is 1. The van der Waals surface area contributed by atoms with Crippen LogP contribution in [-0.4, -0.2) is 9.78 Å². The first-order valence-electron chi connectivity index (χ1n) is 4.39. The van der Waals surface area contributed by atoms with E-state index in [1.807, 2.05) is 6.92 Å². The van der Waals surface area contributed by atoms with E-state index >= 15 is 0 Å². The summed E-state index contributed by atoms with van der Waals surface area (Å²) in [6.45, 7) is 5.49. The lowest BCUT2D eigenvalue weighted by Gasteiger charge is -2.18.